The molecule has 23 heavy (non-hydrogen) atoms. The molecule has 3 aromatic carbocycles. The number of hydrogen-bond acceptors (Lipinski definition) is 1. The highest BCUT2D eigenvalue weighted by molar-refractivity contribution is 6.06. The molecule has 0 spiro atoms. The minimum absolute atomic E-state index is 0.200. The molecule has 0 atom stereocenters. The van der Waals surface area contributed by atoms with E-state index in [0.29, 0.717) is 16.6 Å². The van der Waals surface area contributed by atoms with Gasteiger partial charge in [0.05, 0.1) is 0 Å². The zero-order chi connectivity index (χ0) is 16.0. The number of rotatable bonds is 2. The number of furan rings is 1. The van der Waals surface area contributed by atoms with Crippen LogP contribution in [0.1, 0.15) is 11.1 Å². The molecule has 0 bridgehead atoms. The molecule has 4 aromatic rings. The third-order valence-corrected chi connectivity index (χ3v) is 3.96. The van der Waals surface area contributed by atoms with E-state index in [9.17, 15) is 13.2 Å². The summed E-state index contributed by atoms with van der Waals surface area (Å²) in [4.78, 5) is 0. The summed E-state index contributed by atoms with van der Waals surface area (Å²) in [5.41, 5.74) is 2.17. The first-order valence-corrected chi connectivity index (χ1v) is 7.16. The van der Waals surface area contributed by atoms with Crippen LogP contribution in [0.4, 0.5) is 13.2 Å². The summed E-state index contributed by atoms with van der Waals surface area (Å²) in [6.45, 7) is 0. The Bertz CT molecular complexity index is 1030. The third kappa shape index (κ3) is 2.27. The standard InChI is InChI=1S/C19H11F3O/c20-13-7-8-16-14(10-13)18-11(3-2-6-17(18)23-16)9-12-4-1-5-15(21)19(12)22/h1-8,10H,9H2. The van der Waals surface area contributed by atoms with Gasteiger partial charge in [-0.2, -0.15) is 0 Å². The van der Waals surface area contributed by atoms with Crippen LogP contribution in [0.3, 0.4) is 0 Å². The second-order valence-electron chi connectivity index (χ2n) is 5.42. The SMILES string of the molecule is Fc1ccc2oc3cccc(Cc4cccc(F)c4F)c3c2c1. The van der Waals surface area contributed by atoms with E-state index in [-0.39, 0.29) is 17.8 Å². The Hall–Kier alpha value is -2.75. The van der Waals surface area contributed by atoms with Crippen LogP contribution in [0.25, 0.3) is 21.9 Å². The maximum Gasteiger partial charge on any atom is 0.162 e. The van der Waals surface area contributed by atoms with Gasteiger partial charge in [0.2, 0.25) is 0 Å². The van der Waals surface area contributed by atoms with Crippen LogP contribution in [0.15, 0.2) is 59.0 Å². The highest BCUT2D eigenvalue weighted by Gasteiger charge is 2.14. The first kappa shape index (κ1) is 13.9. The summed E-state index contributed by atoms with van der Waals surface area (Å²) in [6, 6.07) is 13.8. The number of benzene rings is 3. The van der Waals surface area contributed by atoms with Crippen molar-refractivity contribution < 1.29 is 17.6 Å². The van der Waals surface area contributed by atoms with Gasteiger partial charge in [0.15, 0.2) is 11.6 Å². The fourth-order valence-electron chi connectivity index (χ4n) is 2.91. The van der Waals surface area contributed by atoms with Gasteiger partial charge in [-0.3, -0.25) is 0 Å². The van der Waals surface area contributed by atoms with Crippen molar-refractivity contribution in [3.05, 3.63) is 83.2 Å². The molecule has 0 amide bonds. The average molecular weight is 312 g/mol. The molecule has 0 saturated heterocycles. The van der Waals surface area contributed by atoms with Crippen molar-refractivity contribution in [2.24, 2.45) is 0 Å². The molecule has 114 valence electrons. The van der Waals surface area contributed by atoms with E-state index in [1.807, 2.05) is 6.07 Å². The molecule has 0 radical (unpaired) electrons. The Balaban J connectivity index is 1.94. The molecule has 1 aromatic heterocycles. The van der Waals surface area contributed by atoms with Gasteiger partial charge in [-0.1, -0.05) is 24.3 Å². The van der Waals surface area contributed by atoms with E-state index in [2.05, 4.69) is 0 Å². The quantitative estimate of drug-likeness (QED) is 0.470. The van der Waals surface area contributed by atoms with Gasteiger partial charge in [-0.15, -0.1) is 0 Å². The maximum absolute atomic E-state index is 13.9. The van der Waals surface area contributed by atoms with Gasteiger partial charge < -0.3 is 4.42 Å². The highest BCUT2D eigenvalue weighted by Crippen LogP contribution is 2.33. The summed E-state index contributed by atoms with van der Waals surface area (Å²) < 4.78 is 46.6. The largest absolute Gasteiger partial charge is 0.456 e. The van der Waals surface area contributed by atoms with E-state index in [0.717, 1.165) is 17.0 Å². The Kier molecular flexibility index (Phi) is 3.11. The second-order valence-corrected chi connectivity index (χ2v) is 5.42. The lowest BCUT2D eigenvalue weighted by Crippen LogP contribution is -1.96. The van der Waals surface area contributed by atoms with Gasteiger partial charge >= 0.3 is 0 Å². The predicted molar refractivity (Wildman–Crippen MR) is 82.8 cm³/mol. The normalized spacial score (nSPS) is 11.4. The molecule has 0 unspecified atom stereocenters. The average Bonchev–Trinajstić information content (AvgIpc) is 2.90. The lowest BCUT2D eigenvalue weighted by atomic mass is 9.99. The van der Waals surface area contributed by atoms with Crippen molar-refractivity contribution in [3.8, 4) is 0 Å². The molecular weight excluding hydrogens is 301 g/mol. The number of hydrogen-bond donors (Lipinski definition) is 0. The second kappa shape index (κ2) is 5.16. The van der Waals surface area contributed by atoms with E-state index in [1.165, 1.54) is 18.2 Å². The highest BCUT2D eigenvalue weighted by atomic mass is 19.2. The minimum atomic E-state index is -0.877. The summed E-state index contributed by atoms with van der Waals surface area (Å²) in [6.07, 6.45) is 0.200. The molecule has 4 rings (SSSR count). The monoisotopic (exact) mass is 312 g/mol. The summed E-state index contributed by atoms with van der Waals surface area (Å²) >= 11 is 0. The number of halogens is 3. The molecular formula is C19H11F3O. The molecule has 0 fully saturated rings. The molecule has 0 N–H and O–H groups in total. The molecule has 1 heterocycles. The predicted octanol–water partition coefficient (Wildman–Crippen LogP) is 5.59. The maximum atomic E-state index is 13.9. The van der Waals surface area contributed by atoms with Crippen molar-refractivity contribution in [2.75, 3.05) is 0 Å². The summed E-state index contributed by atoms with van der Waals surface area (Å²) in [5, 5.41) is 1.36. The summed E-state index contributed by atoms with van der Waals surface area (Å²) in [7, 11) is 0. The number of fused-ring (bicyclic) bond motifs is 3. The molecule has 0 aliphatic carbocycles. The van der Waals surface area contributed by atoms with Crippen molar-refractivity contribution in [1.29, 1.82) is 0 Å². The lowest BCUT2D eigenvalue weighted by molar-refractivity contribution is 0.501. The fourth-order valence-corrected chi connectivity index (χ4v) is 2.91. The van der Waals surface area contributed by atoms with E-state index in [4.69, 9.17) is 4.42 Å². The van der Waals surface area contributed by atoms with Gasteiger partial charge in [0.25, 0.3) is 0 Å². The molecule has 4 heteroatoms. The minimum Gasteiger partial charge on any atom is -0.456 e. The van der Waals surface area contributed by atoms with Crippen molar-refractivity contribution >= 4 is 21.9 Å². The van der Waals surface area contributed by atoms with Crippen LogP contribution < -0.4 is 0 Å². The Morgan fingerprint density at radius 2 is 1.57 bits per heavy atom. The van der Waals surface area contributed by atoms with Crippen LogP contribution in [-0.2, 0) is 6.42 Å². The molecule has 0 saturated carbocycles. The zero-order valence-corrected chi connectivity index (χ0v) is 11.9. The van der Waals surface area contributed by atoms with Gasteiger partial charge in [0.1, 0.15) is 17.0 Å². The van der Waals surface area contributed by atoms with E-state index < -0.39 is 11.6 Å². The smallest absolute Gasteiger partial charge is 0.162 e. The van der Waals surface area contributed by atoms with Crippen molar-refractivity contribution in [2.45, 2.75) is 6.42 Å². The first-order chi connectivity index (χ1) is 11.1. The van der Waals surface area contributed by atoms with Crippen LogP contribution >= 0.6 is 0 Å². The molecule has 1 nitrogen and oxygen atoms in total. The third-order valence-electron chi connectivity index (χ3n) is 3.96. The van der Waals surface area contributed by atoms with Crippen molar-refractivity contribution in [1.82, 2.24) is 0 Å². The van der Waals surface area contributed by atoms with Crippen LogP contribution in [0, 0.1) is 17.5 Å². The van der Waals surface area contributed by atoms with Gasteiger partial charge in [-0.25, -0.2) is 13.2 Å². The van der Waals surface area contributed by atoms with Gasteiger partial charge in [0, 0.05) is 17.2 Å². The van der Waals surface area contributed by atoms with E-state index >= 15 is 0 Å². The molecule has 0 aliphatic rings. The Morgan fingerprint density at radius 1 is 0.783 bits per heavy atom. The van der Waals surface area contributed by atoms with E-state index in [1.54, 1.807) is 24.3 Å². The van der Waals surface area contributed by atoms with Crippen molar-refractivity contribution in [3.63, 3.8) is 0 Å². The van der Waals surface area contributed by atoms with Crippen LogP contribution in [0.2, 0.25) is 0 Å². The zero-order valence-electron chi connectivity index (χ0n) is 11.9. The Morgan fingerprint density at radius 3 is 2.43 bits per heavy atom. The fraction of sp³-hybridized carbons (Fsp3) is 0.0526. The first-order valence-electron chi connectivity index (χ1n) is 7.16. The topological polar surface area (TPSA) is 13.1 Å². The lowest BCUT2D eigenvalue weighted by Gasteiger charge is -2.06. The van der Waals surface area contributed by atoms with Crippen LogP contribution in [0.5, 0.6) is 0 Å². The van der Waals surface area contributed by atoms with Crippen LogP contribution in [-0.4, -0.2) is 0 Å². The molecule has 0 aliphatic heterocycles. The van der Waals surface area contributed by atoms with Gasteiger partial charge in [-0.05, 0) is 41.5 Å². The Labute approximate surface area is 130 Å². The summed E-state index contributed by atoms with van der Waals surface area (Å²) in [5.74, 6) is -2.10.